The molecule has 1 saturated heterocycles. The summed E-state index contributed by atoms with van der Waals surface area (Å²) in [5, 5.41) is 6.20. The second-order valence-electron chi connectivity index (χ2n) is 6.78. The molecule has 5 nitrogen and oxygen atoms in total. The van der Waals surface area contributed by atoms with Crippen LogP contribution in [0.25, 0.3) is 0 Å². The fraction of sp³-hybridized carbons (Fsp3) is 0.647. The molecule has 0 unspecified atom stereocenters. The predicted octanol–water partition coefficient (Wildman–Crippen LogP) is 3.26. The van der Waals surface area contributed by atoms with Crippen molar-refractivity contribution in [3.8, 4) is 5.88 Å². The number of pyridine rings is 1. The number of aromatic nitrogens is 1. The van der Waals surface area contributed by atoms with Gasteiger partial charge in [-0.25, -0.2) is 4.98 Å². The molecule has 1 aromatic rings. The molecule has 27 heavy (non-hydrogen) atoms. The fourth-order valence-electron chi connectivity index (χ4n) is 3.88. The van der Waals surface area contributed by atoms with Crippen LogP contribution in [-0.2, 0) is 11.3 Å². The van der Waals surface area contributed by atoms with Gasteiger partial charge in [0.05, 0.1) is 5.41 Å². The minimum atomic E-state index is -4.43. The highest BCUT2D eigenvalue weighted by Crippen LogP contribution is 2.44. The van der Waals surface area contributed by atoms with Crippen LogP contribution in [0.4, 0.5) is 13.2 Å². The molecular weight excluding hydrogens is 406 g/mol. The summed E-state index contributed by atoms with van der Waals surface area (Å²) in [5.41, 5.74) is 0.0443. The molecule has 0 spiro atoms. The predicted molar refractivity (Wildman–Crippen MR) is 99.4 cm³/mol. The Morgan fingerprint density at radius 1 is 1.37 bits per heavy atom. The first-order valence-electron chi connectivity index (χ1n) is 8.53. The molecule has 0 radical (unpaired) electrons. The van der Waals surface area contributed by atoms with E-state index in [1.807, 2.05) is 0 Å². The number of carbonyl (C=O) groups is 1. The van der Waals surface area contributed by atoms with E-state index in [0.717, 1.165) is 32.2 Å². The lowest BCUT2D eigenvalue weighted by molar-refractivity contribution is -0.154. The molecule has 1 aliphatic heterocycles. The number of hydrogen-bond acceptors (Lipinski definition) is 4. The summed E-state index contributed by atoms with van der Waals surface area (Å²) in [6.07, 6.45) is 0.988. The highest BCUT2D eigenvalue weighted by molar-refractivity contribution is 5.85. The van der Waals surface area contributed by atoms with Crippen molar-refractivity contribution >= 4 is 30.7 Å². The molecule has 1 aliphatic carbocycles. The van der Waals surface area contributed by atoms with Crippen molar-refractivity contribution in [1.29, 1.82) is 0 Å². The topological polar surface area (TPSA) is 63.2 Å². The van der Waals surface area contributed by atoms with Crippen molar-refractivity contribution in [3.05, 3.63) is 23.9 Å². The number of amides is 1. The summed E-state index contributed by atoms with van der Waals surface area (Å²) >= 11 is 0. The standard InChI is InChI=1S/C17H22F3N3O2.2ClH/c18-17(19,20)11-25-14-12(4-3-7-22-14)8-23-15(24)16-6-2-1-5-13(16)9-21-10-16;;/h3-4,7,13,21H,1-2,5-6,8-11H2,(H,23,24);2*1H/t13-,16+;;/m0../s1. The summed E-state index contributed by atoms with van der Waals surface area (Å²) in [5.74, 6) is 0.200. The Morgan fingerprint density at radius 3 is 2.89 bits per heavy atom. The van der Waals surface area contributed by atoms with Crippen molar-refractivity contribution in [2.75, 3.05) is 19.7 Å². The maximum absolute atomic E-state index is 12.8. The third kappa shape index (κ3) is 5.62. The van der Waals surface area contributed by atoms with Crippen LogP contribution >= 0.6 is 24.8 Å². The third-order valence-corrected chi connectivity index (χ3v) is 5.15. The van der Waals surface area contributed by atoms with Crippen molar-refractivity contribution in [3.63, 3.8) is 0 Å². The van der Waals surface area contributed by atoms with Crippen molar-refractivity contribution in [1.82, 2.24) is 15.6 Å². The molecule has 2 N–H and O–H groups in total. The van der Waals surface area contributed by atoms with Gasteiger partial charge in [0.15, 0.2) is 6.61 Å². The van der Waals surface area contributed by atoms with Gasteiger partial charge in [0.2, 0.25) is 11.8 Å². The van der Waals surface area contributed by atoms with Crippen LogP contribution in [0.5, 0.6) is 5.88 Å². The van der Waals surface area contributed by atoms with Gasteiger partial charge in [0.1, 0.15) is 0 Å². The molecule has 0 bridgehead atoms. The number of halogens is 5. The summed E-state index contributed by atoms with van der Waals surface area (Å²) in [4.78, 5) is 16.7. The van der Waals surface area contributed by atoms with Crippen LogP contribution in [0, 0.1) is 11.3 Å². The number of ether oxygens (including phenoxy) is 1. The number of nitrogens with zero attached hydrogens (tertiary/aromatic N) is 1. The van der Waals surface area contributed by atoms with Crippen LogP contribution in [0.3, 0.4) is 0 Å². The number of carbonyl (C=O) groups excluding carboxylic acids is 1. The Labute approximate surface area is 168 Å². The summed E-state index contributed by atoms with van der Waals surface area (Å²) in [6.45, 7) is 0.212. The molecule has 1 saturated carbocycles. The van der Waals surface area contributed by atoms with Crippen molar-refractivity contribution in [2.24, 2.45) is 11.3 Å². The molecule has 0 aromatic carbocycles. The van der Waals surface area contributed by atoms with E-state index in [1.165, 1.54) is 6.20 Å². The lowest BCUT2D eigenvalue weighted by Crippen LogP contribution is -2.47. The summed E-state index contributed by atoms with van der Waals surface area (Å²) < 4.78 is 41.8. The van der Waals surface area contributed by atoms with Crippen LogP contribution < -0.4 is 15.4 Å². The maximum Gasteiger partial charge on any atom is 0.422 e. The quantitative estimate of drug-likeness (QED) is 0.753. The lowest BCUT2D eigenvalue weighted by atomic mass is 9.67. The molecule has 2 atom stereocenters. The monoisotopic (exact) mass is 429 g/mol. The number of nitrogens with one attached hydrogen (secondary N) is 2. The van der Waals surface area contributed by atoms with Crippen LogP contribution in [0.1, 0.15) is 31.2 Å². The second kappa shape index (κ2) is 9.80. The SMILES string of the molecule is Cl.Cl.O=C(NCc1cccnc1OCC(F)(F)F)[C@@]12CCCC[C@H]1CNC2. The van der Waals surface area contributed by atoms with E-state index in [1.54, 1.807) is 12.1 Å². The average Bonchev–Trinajstić information content (AvgIpc) is 3.03. The largest absolute Gasteiger partial charge is 0.468 e. The van der Waals surface area contributed by atoms with Gasteiger partial charge in [-0.3, -0.25) is 4.79 Å². The Balaban J connectivity index is 0.00000182. The van der Waals surface area contributed by atoms with Gasteiger partial charge in [-0.1, -0.05) is 18.9 Å². The maximum atomic E-state index is 12.8. The van der Waals surface area contributed by atoms with E-state index >= 15 is 0 Å². The Bertz CT molecular complexity index is 634. The number of alkyl halides is 3. The van der Waals surface area contributed by atoms with Gasteiger partial charge in [0, 0.05) is 24.8 Å². The Hall–Kier alpha value is -1.25. The summed E-state index contributed by atoms with van der Waals surface area (Å²) in [6, 6.07) is 3.22. The average molecular weight is 430 g/mol. The van der Waals surface area contributed by atoms with Gasteiger partial charge >= 0.3 is 6.18 Å². The first-order chi connectivity index (χ1) is 11.9. The zero-order valence-corrected chi connectivity index (χ0v) is 16.3. The van der Waals surface area contributed by atoms with Crippen LogP contribution in [0.2, 0.25) is 0 Å². The smallest absolute Gasteiger partial charge is 0.422 e. The minimum Gasteiger partial charge on any atom is -0.468 e. The van der Waals surface area contributed by atoms with Gasteiger partial charge in [0.25, 0.3) is 0 Å². The molecule has 3 rings (SSSR count). The van der Waals surface area contributed by atoms with Gasteiger partial charge in [-0.2, -0.15) is 13.2 Å². The second-order valence-corrected chi connectivity index (χ2v) is 6.78. The number of rotatable bonds is 5. The van der Waals surface area contributed by atoms with Gasteiger partial charge < -0.3 is 15.4 Å². The highest BCUT2D eigenvalue weighted by Gasteiger charge is 2.49. The molecule has 2 aliphatic rings. The molecule has 2 fully saturated rings. The van der Waals surface area contributed by atoms with Crippen LogP contribution in [0.15, 0.2) is 18.3 Å². The fourth-order valence-corrected chi connectivity index (χ4v) is 3.88. The molecule has 154 valence electrons. The molecule has 1 amide bonds. The van der Waals surface area contributed by atoms with E-state index in [4.69, 9.17) is 4.74 Å². The van der Waals surface area contributed by atoms with E-state index in [-0.39, 0.29) is 43.1 Å². The van der Waals surface area contributed by atoms with Crippen molar-refractivity contribution in [2.45, 2.75) is 38.4 Å². The third-order valence-electron chi connectivity index (χ3n) is 5.15. The molecule has 2 heterocycles. The van der Waals surface area contributed by atoms with E-state index in [0.29, 0.717) is 18.0 Å². The normalized spacial score (nSPS) is 24.2. The zero-order valence-electron chi connectivity index (χ0n) is 14.7. The lowest BCUT2D eigenvalue weighted by Gasteiger charge is -2.37. The number of fused-ring (bicyclic) bond motifs is 1. The number of hydrogen-bond donors (Lipinski definition) is 2. The Morgan fingerprint density at radius 2 is 2.15 bits per heavy atom. The van der Waals surface area contributed by atoms with Gasteiger partial charge in [-0.15, -0.1) is 24.8 Å². The van der Waals surface area contributed by atoms with E-state index in [9.17, 15) is 18.0 Å². The first kappa shape index (κ1) is 23.8. The van der Waals surface area contributed by atoms with E-state index in [2.05, 4.69) is 15.6 Å². The zero-order chi connectivity index (χ0) is 17.9. The van der Waals surface area contributed by atoms with Crippen molar-refractivity contribution < 1.29 is 22.7 Å². The molecular formula is C17H24Cl2F3N3O2. The minimum absolute atomic E-state index is 0. The molecule has 1 aromatic heterocycles. The van der Waals surface area contributed by atoms with Gasteiger partial charge in [-0.05, 0) is 31.4 Å². The first-order valence-corrected chi connectivity index (χ1v) is 8.53. The highest BCUT2D eigenvalue weighted by atomic mass is 35.5. The Kier molecular flexibility index (Phi) is 8.63. The summed E-state index contributed by atoms with van der Waals surface area (Å²) in [7, 11) is 0. The molecule has 10 heteroatoms. The van der Waals surface area contributed by atoms with Crippen LogP contribution in [-0.4, -0.2) is 36.8 Å². The van der Waals surface area contributed by atoms with E-state index < -0.39 is 18.2 Å².